The predicted octanol–water partition coefficient (Wildman–Crippen LogP) is 2.62. The summed E-state index contributed by atoms with van der Waals surface area (Å²) in [5.41, 5.74) is 3.71. The number of aryl methyl sites for hydroxylation is 1. The molecule has 4 N–H and O–H groups in total. The number of pyridine rings is 1. The van der Waals surface area contributed by atoms with Gasteiger partial charge in [-0.2, -0.15) is 13.2 Å². The van der Waals surface area contributed by atoms with E-state index in [1.54, 1.807) is 31.3 Å². The molecule has 3 heterocycles. The molecule has 0 unspecified atom stereocenters. The maximum atomic E-state index is 15.5. The van der Waals surface area contributed by atoms with E-state index in [0.717, 1.165) is 6.07 Å². The van der Waals surface area contributed by atoms with Crippen LogP contribution in [0.2, 0.25) is 0 Å². The van der Waals surface area contributed by atoms with Crippen LogP contribution in [0, 0.1) is 0 Å². The minimum atomic E-state index is -4.73. The van der Waals surface area contributed by atoms with Gasteiger partial charge in [-0.1, -0.05) is 12.1 Å². The summed E-state index contributed by atoms with van der Waals surface area (Å²) in [6, 6.07) is 8.39. The van der Waals surface area contributed by atoms with Gasteiger partial charge in [0.2, 0.25) is 0 Å². The van der Waals surface area contributed by atoms with Crippen LogP contribution < -0.4 is 11.1 Å². The lowest BCUT2D eigenvalue weighted by Crippen LogP contribution is -2.50. The molecular formula is C22H22F4N6O4. The molecule has 1 amide bonds. The molecule has 0 spiro atoms. The molecule has 1 aliphatic rings. The third-order valence-electron chi connectivity index (χ3n) is 5.52. The summed E-state index contributed by atoms with van der Waals surface area (Å²) in [6.45, 7) is -0.259. The largest absolute Gasteiger partial charge is 0.483 e. The molecule has 1 saturated heterocycles. The van der Waals surface area contributed by atoms with E-state index in [1.165, 1.54) is 17.0 Å². The number of benzene rings is 1. The van der Waals surface area contributed by atoms with Gasteiger partial charge < -0.3 is 25.5 Å². The number of halogens is 4. The Kier molecular flexibility index (Phi) is 8.00. The molecule has 14 heteroatoms. The van der Waals surface area contributed by atoms with E-state index in [1.807, 2.05) is 0 Å². The molecule has 36 heavy (non-hydrogen) atoms. The zero-order valence-electron chi connectivity index (χ0n) is 18.9. The average Bonchev–Trinajstić information content (AvgIpc) is 3.24. The van der Waals surface area contributed by atoms with E-state index in [9.17, 15) is 18.0 Å². The Morgan fingerprint density at radius 2 is 2.03 bits per heavy atom. The summed E-state index contributed by atoms with van der Waals surface area (Å²) in [5, 5.41) is 17.0. The summed E-state index contributed by atoms with van der Waals surface area (Å²) in [7, 11) is 1.63. The standard InChI is InChI=1S/C21H20F4N6O2.CH2O2/c1-31-11-27-30-18(31)17(22)20(9-33-10-20)13-3-2-4-14(7-13)28-19(32)15-5-12(8-26)6-16(29-15)21(23,24)25;2-1-3/h2-7,11,17H,8-10,26H2,1H3,(H,28,32);1H,(H,2,3)/t17-;/m0./s1. The van der Waals surface area contributed by atoms with Crippen LogP contribution in [0.5, 0.6) is 0 Å². The lowest BCUT2D eigenvalue weighted by molar-refractivity contribution is -0.141. The highest BCUT2D eigenvalue weighted by Gasteiger charge is 2.50. The second kappa shape index (κ2) is 10.8. The summed E-state index contributed by atoms with van der Waals surface area (Å²) < 4.78 is 61.7. The first-order valence-electron chi connectivity index (χ1n) is 10.4. The number of ether oxygens (including phenoxy) is 1. The zero-order chi connectivity index (χ0) is 26.5. The molecule has 1 aromatic carbocycles. The number of amides is 1. The highest BCUT2D eigenvalue weighted by atomic mass is 19.4. The van der Waals surface area contributed by atoms with Gasteiger partial charge in [0.1, 0.15) is 17.7 Å². The number of carbonyl (C=O) groups excluding carboxylic acids is 1. The van der Waals surface area contributed by atoms with Gasteiger partial charge in [-0.25, -0.2) is 9.37 Å². The van der Waals surface area contributed by atoms with Crippen LogP contribution in [0.1, 0.15) is 39.3 Å². The summed E-state index contributed by atoms with van der Waals surface area (Å²) >= 11 is 0. The van der Waals surface area contributed by atoms with Gasteiger partial charge in [-0.05, 0) is 35.4 Å². The molecule has 0 radical (unpaired) electrons. The van der Waals surface area contributed by atoms with Crippen molar-refractivity contribution in [3.63, 3.8) is 0 Å². The molecule has 192 valence electrons. The molecule has 1 atom stereocenters. The highest BCUT2D eigenvalue weighted by molar-refractivity contribution is 6.03. The van der Waals surface area contributed by atoms with Crippen LogP contribution in [0.3, 0.4) is 0 Å². The van der Waals surface area contributed by atoms with E-state index < -0.39 is 35.1 Å². The number of rotatable bonds is 6. The lowest BCUT2D eigenvalue weighted by atomic mass is 9.74. The van der Waals surface area contributed by atoms with Crippen LogP contribution in [-0.4, -0.2) is 50.4 Å². The number of nitrogens with two attached hydrogens (primary N) is 1. The Morgan fingerprint density at radius 1 is 1.33 bits per heavy atom. The Hall–Kier alpha value is -3.91. The summed E-state index contributed by atoms with van der Waals surface area (Å²) in [4.78, 5) is 24.5. The van der Waals surface area contributed by atoms with Crippen molar-refractivity contribution < 1.29 is 37.0 Å². The first-order chi connectivity index (χ1) is 17.1. The van der Waals surface area contributed by atoms with Crippen molar-refractivity contribution in [1.82, 2.24) is 19.7 Å². The third kappa shape index (κ3) is 5.49. The summed E-state index contributed by atoms with van der Waals surface area (Å²) in [6.07, 6.45) is -4.86. The zero-order valence-corrected chi connectivity index (χ0v) is 18.9. The van der Waals surface area contributed by atoms with E-state index in [-0.39, 0.29) is 43.3 Å². The maximum Gasteiger partial charge on any atom is 0.433 e. The fourth-order valence-corrected chi connectivity index (χ4v) is 3.62. The van der Waals surface area contributed by atoms with E-state index in [0.29, 0.717) is 5.56 Å². The van der Waals surface area contributed by atoms with Crippen molar-refractivity contribution in [1.29, 1.82) is 0 Å². The van der Waals surface area contributed by atoms with E-state index in [2.05, 4.69) is 20.5 Å². The fourth-order valence-electron chi connectivity index (χ4n) is 3.62. The first-order valence-corrected chi connectivity index (χ1v) is 10.4. The number of nitrogens with zero attached hydrogens (tertiary/aromatic N) is 4. The molecule has 1 aliphatic heterocycles. The SMILES string of the molecule is Cn1cnnc1[C@H](F)C1(c2cccc(NC(=O)c3cc(CN)cc(C(F)(F)F)n3)c2)COC1.O=CO. The van der Waals surface area contributed by atoms with Gasteiger partial charge >= 0.3 is 6.18 Å². The molecule has 0 saturated carbocycles. The number of nitrogens with one attached hydrogen (secondary N) is 1. The number of carbonyl (C=O) groups is 2. The van der Waals surface area contributed by atoms with Gasteiger partial charge in [-0.15, -0.1) is 10.2 Å². The van der Waals surface area contributed by atoms with Crippen molar-refractivity contribution >= 4 is 18.1 Å². The fraction of sp³-hybridized carbons (Fsp3) is 0.318. The second-order valence-corrected chi connectivity index (χ2v) is 7.90. The molecule has 4 rings (SSSR count). The molecule has 2 aromatic heterocycles. The molecule has 1 fully saturated rings. The van der Waals surface area contributed by atoms with Crippen molar-refractivity contribution in [3.8, 4) is 0 Å². The normalized spacial score (nSPS) is 15.2. The average molecular weight is 510 g/mol. The lowest BCUT2D eigenvalue weighted by Gasteiger charge is -2.43. The Balaban J connectivity index is 0.00000115. The minimum Gasteiger partial charge on any atom is -0.483 e. The second-order valence-electron chi connectivity index (χ2n) is 7.90. The number of hydrogen-bond acceptors (Lipinski definition) is 7. The highest BCUT2D eigenvalue weighted by Crippen LogP contribution is 2.45. The maximum absolute atomic E-state index is 15.5. The van der Waals surface area contributed by atoms with Crippen molar-refractivity contribution in [3.05, 3.63) is 71.1 Å². The van der Waals surface area contributed by atoms with E-state index in [4.69, 9.17) is 20.4 Å². The van der Waals surface area contributed by atoms with E-state index >= 15 is 4.39 Å². The molecule has 0 bridgehead atoms. The minimum absolute atomic E-state index is 0.0907. The first kappa shape index (κ1) is 26.7. The number of alkyl halides is 4. The number of anilines is 1. The molecule has 3 aromatic rings. The Morgan fingerprint density at radius 3 is 2.56 bits per heavy atom. The molecule has 0 aliphatic carbocycles. The number of aromatic nitrogens is 4. The van der Waals surface area contributed by atoms with Crippen LogP contribution in [0.4, 0.5) is 23.2 Å². The third-order valence-corrected chi connectivity index (χ3v) is 5.52. The summed E-state index contributed by atoms with van der Waals surface area (Å²) in [5.74, 6) is -0.716. The Labute approximate surface area is 202 Å². The smallest absolute Gasteiger partial charge is 0.433 e. The number of carboxylic acid groups (broad SMARTS) is 1. The van der Waals surface area contributed by atoms with Gasteiger partial charge in [0, 0.05) is 19.3 Å². The van der Waals surface area contributed by atoms with Gasteiger partial charge in [0.25, 0.3) is 12.4 Å². The number of hydrogen-bond donors (Lipinski definition) is 3. The topological polar surface area (TPSA) is 145 Å². The van der Waals surface area contributed by atoms with Crippen molar-refractivity contribution in [2.75, 3.05) is 18.5 Å². The van der Waals surface area contributed by atoms with Crippen LogP contribution in [0.15, 0.2) is 42.7 Å². The van der Waals surface area contributed by atoms with Crippen molar-refractivity contribution in [2.45, 2.75) is 24.3 Å². The Bertz CT molecular complexity index is 1230. The van der Waals surface area contributed by atoms with Crippen molar-refractivity contribution in [2.24, 2.45) is 12.8 Å². The van der Waals surface area contributed by atoms with Gasteiger partial charge in [0.15, 0.2) is 12.0 Å². The van der Waals surface area contributed by atoms with Crippen LogP contribution in [0.25, 0.3) is 0 Å². The predicted molar refractivity (Wildman–Crippen MR) is 118 cm³/mol. The molecular weight excluding hydrogens is 488 g/mol. The van der Waals surface area contributed by atoms with Gasteiger partial charge in [-0.3, -0.25) is 9.59 Å². The molecule has 10 nitrogen and oxygen atoms in total. The van der Waals surface area contributed by atoms with Crippen LogP contribution in [-0.2, 0) is 34.7 Å². The monoisotopic (exact) mass is 510 g/mol. The van der Waals surface area contributed by atoms with Gasteiger partial charge in [0.05, 0.1) is 18.6 Å². The van der Waals surface area contributed by atoms with Crippen LogP contribution >= 0.6 is 0 Å². The quantitative estimate of drug-likeness (QED) is 0.339.